The molecule has 1 aliphatic rings. The fourth-order valence-electron chi connectivity index (χ4n) is 1.82. The third-order valence-electron chi connectivity index (χ3n) is 2.68. The molecule has 18 heavy (non-hydrogen) atoms. The molecule has 2 heterocycles. The first kappa shape index (κ1) is 11.2. The molecule has 2 aromatic rings. The van der Waals surface area contributed by atoms with Gasteiger partial charge in [0.2, 0.25) is 16.8 Å². The molecule has 0 saturated carbocycles. The number of rotatable bonds is 3. The van der Waals surface area contributed by atoms with Crippen molar-refractivity contribution in [2.24, 2.45) is 0 Å². The lowest BCUT2D eigenvalue weighted by molar-refractivity contribution is 0.174. The Morgan fingerprint density at radius 1 is 1.11 bits per heavy atom. The first-order valence-corrected chi connectivity index (χ1v) is 7.01. The fourth-order valence-corrected chi connectivity index (χ4v) is 3.08. The van der Waals surface area contributed by atoms with Crippen LogP contribution in [0.2, 0.25) is 0 Å². The zero-order chi connectivity index (χ0) is 12.6. The van der Waals surface area contributed by atoms with Gasteiger partial charge < -0.3 is 9.47 Å². The number of fused-ring (bicyclic) bond motifs is 1. The van der Waals surface area contributed by atoms with Gasteiger partial charge in [-0.2, -0.15) is 0 Å². The van der Waals surface area contributed by atoms with Crippen LogP contribution in [0, 0.1) is 0 Å². The third kappa shape index (κ3) is 1.95. The summed E-state index contributed by atoms with van der Waals surface area (Å²) in [6.07, 6.45) is 3.03. The average Bonchev–Trinajstić information content (AvgIpc) is 2.99. The van der Waals surface area contributed by atoms with Crippen LogP contribution in [0.3, 0.4) is 0 Å². The zero-order valence-electron chi connectivity index (χ0n) is 9.44. The van der Waals surface area contributed by atoms with Crippen LogP contribution in [0.15, 0.2) is 42.7 Å². The number of hydrogen-bond acceptors (Lipinski definition) is 4. The largest absolute Gasteiger partial charge is 0.454 e. The van der Waals surface area contributed by atoms with Crippen molar-refractivity contribution in [3.05, 3.63) is 48.3 Å². The molecule has 0 N–H and O–H groups in total. The Balaban J connectivity index is 1.89. The maximum absolute atomic E-state index is 12.1. The minimum Gasteiger partial charge on any atom is -0.454 e. The molecule has 0 unspecified atom stereocenters. The summed E-state index contributed by atoms with van der Waals surface area (Å²) in [6, 6.07) is 8.51. The van der Waals surface area contributed by atoms with Crippen LogP contribution >= 0.6 is 0 Å². The third-order valence-corrected chi connectivity index (χ3v) is 4.27. The van der Waals surface area contributed by atoms with Crippen LogP contribution in [0.25, 0.3) is 0 Å². The van der Waals surface area contributed by atoms with E-state index in [2.05, 4.69) is 0 Å². The molecule has 6 heteroatoms. The van der Waals surface area contributed by atoms with Gasteiger partial charge in [0, 0.05) is 12.4 Å². The molecule has 1 aromatic carbocycles. The lowest BCUT2D eigenvalue weighted by Gasteiger charge is -2.06. The summed E-state index contributed by atoms with van der Waals surface area (Å²) in [7, 11) is -3.37. The van der Waals surface area contributed by atoms with Crippen molar-refractivity contribution in [1.82, 2.24) is 3.97 Å². The van der Waals surface area contributed by atoms with Gasteiger partial charge in [-0.05, 0) is 29.8 Å². The first-order valence-electron chi connectivity index (χ1n) is 5.40. The van der Waals surface area contributed by atoms with Gasteiger partial charge in [-0.1, -0.05) is 6.07 Å². The van der Waals surface area contributed by atoms with Gasteiger partial charge >= 0.3 is 0 Å². The molecule has 0 bridgehead atoms. The quantitative estimate of drug-likeness (QED) is 0.845. The standard InChI is InChI=1S/C12H11NO4S/c14-18(15,13-5-1-2-6-13)8-10-3-4-11-12(7-10)17-9-16-11/h1-7H,8-9H2. The lowest BCUT2D eigenvalue weighted by atomic mass is 10.2. The summed E-state index contributed by atoms with van der Waals surface area (Å²) in [5.41, 5.74) is 0.674. The minimum atomic E-state index is -3.37. The number of nitrogens with zero attached hydrogens (tertiary/aromatic N) is 1. The molecule has 0 fully saturated rings. The predicted molar refractivity (Wildman–Crippen MR) is 65.0 cm³/mol. The van der Waals surface area contributed by atoms with Crippen molar-refractivity contribution in [3.8, 4) is 11.5 Å². The molecule has 5 nitrogen and oxygen atoms in total. The Hall–Kier alpha value is -1.95. The zero-order valence-corrected chi connectivity index (χ0v) is 10.3. The van der Waals surface area contributed by atoms with Crippen molar-refractivity contribution in [2.45, 2.75) is 5.75 Å². The molecule has 94 valence electrons. The lowest BCUT2D eigenvalue weighted by Crippen LogP contribution is -2.12. The normalized spacial score (nSPS) is 13.8. The van der Waals surface area contributed by atoms with Gasteiger partial charge in [0.15, 0.2) is 11.5 Å². The highest BCUT2D eigenvalue weighted by molar-refractivity contribution is 7.89. The van der Waals surface area contributed by atoms with Gasteiger partial charge in [0.1, 0.15) is 0 Å². The number of benzene rings is 1. The Morgan fingerprint density at radius 2 is 1.83 bits per heavy atom. The molecule has 0 radical (unpaired) electrons. The smallest absolute Gasteiger partial charge is 0.242 e. The fraction of sp³-hybridized carbons (Fsp3) is 0.167. The molecule has 3 rings (SSSR count). The van der Waals surface area contributed by atoms with E-state index < -0.39 is 10.0 Å². The summed E-state index contributed by atoms with van der Waals surface area (Å²) in [4.78, 5) is 0. The van der Waals surface area contributed by atoms with Gasteiger partial charge in [-0.3, -0.25) is 3.97 Å². The SMILES string of the molecule is O=S(=O)(Cc1ccc2c(c1)OCO2)n1cccc1. The van der Waals surface area contributed by atoms with Crippen molar-refractivity contribution >= 4 is 10.0 Å². The van der Waals surface area contributed by atoms with Crippen LogP contribution in [0.1, 0.15) is 5.56 Å². The van der Waals surface area contributed by atoms with E-state index >= 15 is 0 Å². The second kappa shape index (κ2) is 4.06. The summed E-state index contributed by atoms with van der Waals surface area (Å²) < 4.78 is 35.7. The van der Waals surface area contributed by atoms with E-state index in [-0.39, 0.29) is 12.5 Å². The maximum Gasteiger partial charge on any atom is 0.242 e. The molecule has 0 saturated heterocycles. The Labute approximate surface area is 105 Å². The second-order valence-corrected chi connectivity index (χ2v) is 5.83. The van der Waals surface area contributed by atoms with Crippen molar-refractivity contribution < 1.29 is 17.9 Å². The summed E-state index contributed by atoms with van der Waals surface area (Å²) in [6.45, 7) is 0.184. The molecule has 0 atom stereocenters. The van der Waals surface area contributed by atoms with Gasteiger partial charge in [-0.15, -0.1) is 0 Å². The number of hydrogen-bond donors (Lipinski definition) is 0. The number of aromatic nitrogens is 1. The maximum atomic E-state index is 12.1. The molecular formula is C12H11NO4S. The van der Waals surface area contributed by atoms with E-state index in [1.165, 1.54) is 16.4 Å². The Kier molecular flexibility index (Phi) is 2.52. The topological polar surface area (TPSA) is 57.5 Å². The van der Waals surface area contributed by atoms with Crippen molar-refractivity contribution in [3.63, 3.8) is 0 Å². The highest BCUT2D eigenvalue weighted by Crippen LogP contribution is 2.33. The van der Waals surface area contributed by atoms with Crippen LogP contribution in [0.5, 0.6) is 11.5 Å². The van der Waals surface area contributed by atoms with Crippen molar-refractivity contribution in [2.75, 3.05) is 6.79 Å². The average molecular weight is 265 g/mol. The highest BCUT2D eigenvalue weighted by Gasteiger charge is 2.17. The van der Waals surface area contributed by atoms with E-state index in [1.807, 2.05) is 0 Å². The van der Waals surface area contributed by atoms with Crippen molar-refractivity contribution in [1.29, 1.82) is 0 Å². The molecular weight excluding hydrogens is 254 g/mol. The molecule has 0 spiro atoms. The summed E-state index contributed by atoms with van der Waals surface area (Å²) >= 11 is 0. The van der Waals surface area contributed by atoms with E-state index in [9.17, 15) is 8.42 Å². The summed E-state index contributed by atoms with van der Waals surface area (Å²) in [5, 5.41) is 0. The van der Waals surface area contributed by atoms with Crippen LogP contribution in [-0.2, 0) is 15.8 Å². The Morgan fingerprint density at radius 3 is 2.61 bits per heavy atom. The van der Waals surface area contributed by atoms with Gasteiger partial charge in [0.05, 0.1) is 5.75 Å². The van der Waals surface area contributed by atoms with E-state index in [4.69, 9.17) is 9.47 Å². The second-order valence-electron chi connectivity index (χ2n) is 3.96. The van der Waals surface area contributed by atoms with E-state index in [0.29, 0.717) is 17.1 Å². The van der Waals surface area contributed by atoms with Gasteiger partial charge in [-0.25, -0.2) is 8.42 Å². The minimum absolute atomic E-state index is 0.0711. The monoisotopic (exact) mass is 265 g/mol. The number of ether oxygens (including phenoxy) is 2. The Bertz CT molecular complexity index is 661. The predicted octanol–water partition coefficient (Wildman–Crippen LogP) is 1.59. The highest BCUT2D eigenvalue weighted by atomic mass is 32.2. The molecule has 0 aliphatic carbocycles. The summed E-state index contributed by atoms with van der Waals surface area (Å²) in [5.74, 6) is 1.17. The molecule has 1 aliphatic heterocycles. The van der Waals surface area contributed by atoms with Crippen LogP contribution in [0.4, 0.5) is 0 Å². The van der Waals surface area contributed by atoms with Crippen LogP contribution < -0.4 is 9.47 Å². The van der Waals surface area contributed by atoms with Gasteiger partial charge in [0.25, 0.3) is 0 Å². The molecule has 1 aromatic heterocycles. The van der Waals surface area contributed by atoms with E-state index in [0.717, 1.165) is 0 Å². The van der Waals surface area contributed by atoms with Crippen LogP contribution in [-0.4, -0.2) is 19.2 Å². The first-order chi connectivity index (χ1) is 8.65. The van der Waals surface area contributed by atoms with E-state index in [1.54, 1.807) is 30.3 Å². The molecule has 0 amide bonds.